The summed E-state index contributed by atoms with van der Waals surface area (Å²) < 4.78 is 37.7. The van der Waals surface area contributed by atoms with Gasteiger partial charge in [0.1, 0.15) is 5.69 Å². The van der Waals surface area contributed by atoms with Crippen molar-refractivity contribution in [1.29, 1.82) is 0 Å². The summed E-state index contributed by atoms with van der Waals surface area (Å²) in [6.07, 6.45) is -4.09. The highest BCUT2D eigenvalue weighted by Crippen LogP contribution is 2.29. The molecule has 0 radical (unpaired) electrons. The van der Waals surface area contributed by atoms with E-state index in [0.29, 0.717) is 12.1 Å². The number of aromatic nitrogens is 2. The third-order valence-corrected chi connectivity index (χ3v) is 2.20. The first-order valence-electron chi connectivity index (χ1n) is 5.15. The Hall–Kier alpha value is -1.37. The van der Waals surface area contributed by atoms with Crippen molar-refractivity contribution in [2.24, 2.45) is 0 Å². The summed E-state index contributed by atoms with van der Waals surface area (Å²) in [5.41, 5.74) is -0.628. The average molecular weight is 249 g/mol. The Morgan fingerprint density at radius 2 is 2.00 bits per heavy atom. The number of aryl methyl sites for hydroxylation is 1. The van der Waals surface area contributed by atoms with Gasteiger partial charge in [0.05, 0.1) is 6.61 Å². The fraction of sp³-hybridized carbons (Fsp3) is 0.600. The Morgan fingerprint density at radius 1 is 1.35 bits per heavy atom. The number of halogens is 3. The lowest BCUT2D eigenvalue weighted by molar-refractivity contribution is -0.141. The molecule has 0 bridgehead atoms. The van der Waals surface area contributed by atoms with Crippen molar-refractivity contribution in [2.75, 3.05) is 25.1 Å². The van der Waals surface area contributed by atoms with Crippen LogP contribution < -0.4 is 4.90 Å². The van der Waals surface area contributed by atoms with Gasteiger partial charge in [-0.1, -0.05) is 6.92 Å². The zero-order valence-corrected chi connectivity index (χ0v) is 9.62. The number of alkyl halides is 3. The molecule has 0 atom stereocenters. The lowest BCUT2D eigenvalue weighted by Crippen LogP contribution is -2.25. The SMILES string of the molecule is CCc1cc(C(F)(F)F)nc(N(C)CCO)n1. The smallest absolute Gasteiger partial charge is 0.395 e. The molecule has 0 fully saturated rings. The Morgan fingerprint density at radius 3 is 2.47 bits per heavy atom. The lowest BCUT2D eigenvalue weighted by atomic mass is 10.2. The van der Waals surface area contributed by atoms with Crippen LogP contribution in [0.1, 0.15) is 18.3 Å². The van der Waals surface area contributed by atoms with Crippen LogP contribution in [0.3, 0.4) is 0 Å². The van der Waals surface area contributed by atoms with Crippen molar-refractivity contribution in [3.8, 4) is 0 Å². The molecule has 0 saturated heterocycles. The molecule has 4 nitrogen and oxygen atoms in total. The van der Waals surface area contributed by atoms with Crippen molar-refractivity contribution in [1.82, 2.24) is 9.97 Å². The van der Waals surface area contributed by atoms with Crippen LogP contribution in [0.4, 0.5) is 19.1 Å². The number of aliphatic hydroxyl groups excluding tert-OH is 1. The molecule has 0 unspecified atom stereocenters. The summed E-state index contributed by atoms with van der Waals surface area (Å²) in [5.74, 6) is -0.0225. The van der Waals surface area contributed by atoms with E-state index in [4.69, 9.17) is 5.11 Å². The Kier molecular flexibility index (Phi) is 4.28. The first-order chi connectivity index (χ1) is 7.88. The van der Waals surface area contributed by atoms with E-state index in [1.807, 2.05) is 0 Å². The molecule has 0 spiro atoms. The van der Waals surface area contributed by atoms with E-state index in [1.165, 1.54) is 11.9 Å². The number of hydrogen-bond donors (Lipinski definition) is 1. The van der Waals surface area contributed by atoms with Gasteiger partial charge in [-0.2, -0.15) is 13.2 Å². The minimum Gasteiger partial charge on any atom is -0.395 e. The van der Waals surface area contributed by atoms with Crippen molar-refractivity contribution in [3.63, 3.8) is 0 Å². The van der Waals surface area contributed by atoms with Crippen LogP contribution in [0, 0.1) is 0 Å². The highest BCUT2D eigenvalue weighted by Gasteiger charge is 2.33. The number of anilines is 1. The summed E-state index contributed by atoms with van der Waals surface area (Å²) in [5, 5.41) is 8.73. The van der Waals surface area contributed by atoms with Crippen LogP contribution in [0.5, 0.6) is 0 Å². The molecule has 96 valence electrons. The third kappa shape index (κ3) is 3.55. The number of rotatable bonds is 4. The molecular formula is C10H14F3N3O. The predicted octanol–water partition coefficient (Wildman–Crippen LogP) is 1.49. The molecule has 1 aromatic rings. The molecule has 0 aliphatic carbocycles. The minimum atomic E-state index is -4.48. The Labute approximate surface area is 97.1 Å². The number of nitrogens with zero attached hydrogens (tertiary/aromatic N) is 3. The molecule has 0 amide bonds. The zero-order chi connectivity index (χ0) is 13.1. The molecule has 0 aromatic carbocycles. The van der Waals surface area contributed by atoms with Gasteiger partial charge in [-0.25, -0.2) is 9.97 Å². The minimum absolute atomic E-state index is 0.0225. The van der Waals surface area contributed by atoms with Crippen molar-refractivity contribution in [2.45, 2.75) is 19.5 Å². The second kappa shape index (κ2) is 5.31. The van der Waals surface area contributed by atoms with Crippen molar-refractivity contribution < 1.29 is 18.3 Å². The number of aliphatic hydroxyl groups is 1. The van der Waals surface area contributed by atoms with E-state index in [2.05, 4.69) is 9.97 Å². The molecule has 17 heavy (non-hydrogen) atoms. The maximum absolute atomic E-state index is 12.6. The van der Waals surface area contributed by atoms with E-state index in [0.717, 1.165) is 6.07 Å². The van der Waals surface area contributed by atoms with Crippen LogP contribution in [0.2, 0.25) is 0 Å². The highest BCUT2D eigenvalue weighted by atomic mass is 19.4. The normalized spacial score (nSPS) is 11.6. The molecule has 1 heterocycles. The van der Waals surface area contributed by atoms with E-state index < -0.39 is 11.9 Å². The first-order valence-corrected chi connectivity index (χ1v) is 5.15. The molecule has 0 saturated carbocycles. The van der Waals surface area contributed by atoms with Gasteiger partial charge in [0.25, 0.3) is 0 Å². The summed E-state index contributed by atoms with van der Waals surface area (Å²) in [6.45, 7) is 1.74. The summed E-state index contributed by atoms with van der Waals surface area (Å²) in [6, 6.07) is 0.941. The summed E-state index contributed by atoms with van der Waals surface area (Å²) in [4.78, 5) is 8.82. The van der Waals surface area contributed by atoms with E-state index >= 15 is 0 Å². The van der Waals surface area contributed by atoms with Crippen LogP contribution in [0.15, 0.2) is 6.07 Å². The second-order valence-corrected chi connectivity index (χ2v) is 3.54. The van der Waals surface area contributed by atoms with E-state index in [-0.39, 0.29) is 19.1 Å². The molecule has 0 aliphatic rings. The molecule has 1 N–H and O–H groups in total. The first kappa shape index (κ1) is 13.7. The lowest BCUT2D eigenvalue weighted by Gasteiger charge is -2.17. The van der Waals surface area contributed by atoms with E-state index in [9.17, 15) is 13.2 Å². The molecule has 7 heteroatoms. The fourth-order valence-electron chi connectivity index (χ4n) is 1.23. The van der Waals surface area contributed by atoms with Crippen LogP contribution in [-0.2, 0) is 12.6 Å². The zero-order valence-electron chi connectivity index (χ0n) is 9.62. The third-order valence-electron chi connectivity index (χ3n) is 2.20. The largest absolute Gasteiger partial charge is 0.433 e. The Bertz CT molecular complexity index is 382. The highest BCUT2D eigenvalue weighted by molar-refractivity contribution is 5.32. The van der Waals surface area contributed by atoms with Crippen molar-refractivity contribution in [3.05, 3.63) is 17.5 Å². The van der Waals surface area contributed by atoms with Crippen LogP contribution >= 0.6 is 0 Å². The summed E-state index contributed by atoms with van der Waals surface area (Å²) in [7, 11) is 1.53. The molecule has 1 aromatic heterocycles. The van der Waals surface area contributed by atoms with Gasteiger partial charge >= 0.3 is 6.18 Å². The second-order valence-electron chi connectivity index (χ2n) is 3.54. The molecule has 1 rings (SSSR count). The van der Waals surface area contributed by atoms with Crippen LogP contribution in [0.25, 0.3) is 0 Å². The summed E-state index contributed by atoms with van der Waals surface area (Å²) >= 11 is 0. The van der Waals surface area contributed by atoms with Gasteiger partial charge in [-0.3, -0.25) is 0 Å². The van der Waals surface area contributed by atoms with Gasteiger partial charge in [0, 0.05) is 19.3 Å². The fourth-order valence-corrected chi connectivity index (χ4v) is 1.23. The molecule has 0 aliphatic heterocycles. The van der Waals surface area contributed by atoms with Gasteiger partial charge in [-0.15, -0.1) is 0 Å². The standard InChI is InChI=1S/C10H14F3N3O/c1-3-7-6-8(10(11,12)13)15-9(14-7)16(2)4-5-17/h6,17H,3-5H2,1-2H3. The van der Waals surface area contributed by atoms with Gasteiger partial charge < -0.3 is 10.0 Å². The monoisotopic (exact) mass is 249 g/mol. The maximum Gasteiger partial charge on any atom is 0.433 e. The van der Waals surface area contributed by atoms with Crippen molar-refractivity contribution >= 4 is 5.95 Å². The van der Waals surface area contributed by atoms with Crippen LogP contribution in [-0.4, -0.2) is 35.3 Å². The van der Waals surface area contributed by atoms with Gasteiger partial charge in [0.2, 0.25) is 5.95 Å². The quantitative estimate of drug-likeness (QED) is 0.878. The average Bonchev–Trinajstić information content (AvgIpc) is 2.27. The maximum atomic E-state index is 12.6. The number of hydrogen-bond acceptors (Lipinski definition) is 4. The van der Waals surface area contributed by atoms with Gasteiger partial charge in [0.15, 0.2) is 0 Å². The Balaban J connectivity index is 3.14. The predicted molar refractivity (Wildman–Crippen MR) is 56.8 cm³/mol. The van der Waals surface area contributed by atoms with Gasteiger partial charge in [-0.05, 0) is 12.5 Å². The molecular weight excluding hydrogens is 235 g/mol. The van der Waals surface area contributed by atoms with E-state index in [1.54, 1.807) is 6.92 Å². The topological polar surface area (TPSA) is 49.2 Å². The number of likely N-dealkylation sites (N-methyl/N-ethyl adjacent to an activating group) is 1.